The Balaban J connectivity index is 1.91. The van der Waals surface area contributed by atoms with Crippen molar-refractivity contribution in [2.24, 2.45) is 0 Å². The summed E-state index contributed by atoms with van der Waals surface area (Å²) in [5, 5.41) is 0.616. The number of para-hydroxylation sites is 1. The van der Waals surface area contributed by atoms with Crippen LogP contribution in [0.4, 0.5) is 0 Å². The summed E-state index contributed by atoms with van der Waals surface area (Å²) in [6, 6.07) is 5.83. The largest absolute Gasteiger partial charge is 0.493 e. The number of likely N-dealkylation sites (tertiary alicyclic amines) is 1. The molecule has 2 saturated heterocycles. The van der Waals surface area contributed by atoms with E-state index in [0.717, 1.165) is 18.7 Å². The van der Waals surface area contributed by atoms with Gasteiger partial charge in [0.1, 0.15) is 0 Å². The third-order valence-corrected chi connectivity index (χ3v) is 5.18. The van der Waals surface area contributed by atoms with Gasteiger partial charge in [0, 0.05) is 23.6 Å². The standard InChI is InChI=1S/C14H17NO3S/c1-17-12-5-3-4-11(13(12)18-2)14(16)15-7-10-6-9(15)8-19-10/h3-5,9-10H,6-8H2,1-2H3. The Morgan fingerprint density at radius 2 is 2.21 bits per heavy atom. The maximum absolute atomic E-state index is 12.7. The van der Waals surface area contributed by atoms with E-state index >= 15 is 0 Å². The van der Waals surface area contributed by atoms with Crippen LogP contribution in [0.15, 0.2) is 18.2 Å². The molecule has 2 unspecified atom stereocenters. The van der Waals surface area contributed by atoms with Crippen LogP contribution in [0.3, 0.4) is 0 Å². The lowest BCUT2D eigenvalue weighted by molar-refractivity contribution is 0.0743. The summed E-state index contributed by atoms with van der Waals surface area (Å²) in [7, 11) is 3.15. The van der Waals surface area contributed by atoms with Crippen LogP contribution in [0.1, 0.15) is 16.8 Å². The highest BCUT2D eigenvalue weighted by atomic mass is 32.2. The highest BCUT2D eigenvalue weighted by Gasteiger charge is 2.41. The van der Waals surface area contributed by atoms with E-state index in [1.807, 2.05) is 34.9 Å². The van der Waals surface area contributed by atoms with E-state index in [2.05, 4.69) is 0 Å². The van der Waals surface area contributed by atoms with Crippen LogP contribution in [0.5, 0.6) is 11.5 Å². The molecule has 2 bridgehead atoms. The number of thioether (sulfide) groups is 1. The second kappa shape index (κ2) is 4.96. The summed E-state index contributed by atoms with van der Waals surface area (Å²) < 4.78 is 10.6. The van der Waals surface area contributed by atoms with Crippen molar-refractivity contribution in [2.45, 2.75) is 17.7 Å². The molecular formula is C14H17NO3S. The molecule has 0 radical (unpaired) electrons. The highest BCUT2D eigenvalue weighted by molar-refractivity contribution is 8.00. The molecule has 102 valence electrons. The molecule has 0 N–H and O–H groups in total. The Hall–Kier alpha value is -1.36. The van der Waals surface area contributed by atoms with Gasteiger partial charge < -0.3 is 14.4 Å². The zero-order valence-electron chi connectivity index (χ0n) is 11.1. The lowest BCUT2D eigenvalue weighted by Gasteiger charge is -2.27. The zero-order valence-corrected chi connectivity index (χ0v) is 11.9. The summed E-state index contributed by atoms with van der Waals surface area (Å²) in [5.41, 5.74) is 0.597. The Kier molecular flexibility index (Phi) is 3.31. The van der Waals surface area contributed by atoms with E-state index in [0.29, 0.717) is 28.4 Å². The van der Waals surface area contributed by atoms with E-state index in [-0.39, 0.29) is 5.91 Å². The minimum Gasteiger partial charge on any atom is -0.493 e. The van der Waals surface area contributed by atoms with Gasteiger partial charge in [-0.05, 0) is 18.6 Å². The van der Waals surface area contributed by atoms with Crippen molar-refractivity contribution in [1.82, 2.24) is 4.90 Å². The molecule has 2 fully saturated rings. The van der Waals surface area contributed by atoms with E-state index in [1.165, 1.54) is 0 Å². The molecule has 1 aromatic carbocycles. The number of hydrogen-bond donors (Lipinski definition) is 0. The Bertz CT molecular complexity index is 505. The molecule has 0 spiro atoms. The predicted octanol–water partition coefficient (Wildman–Crippen LogP) is 2.03. The number of ether oxygens (including phenoxy) is 2. The van der Waals surface area contributed by atoms with Crippen LogP contribution in [0.2, 0.25) is 0 Å². The smallest absolute Gasteiger partial charge is 0.258 e. The average Bonchev–Trinajstić information content (AvgIpc) is 3.08. The van der Waals surface area contributed by atoms with Crippen molar-refractivity contribution in [3.05, 3.63) is 23.8 Å². The van der Waals surface area contributed by atoms with Crippen LogP contribution in [0, 0.1) is 0 Å². The van der Waals surface area contributed by atoms with E-state index in [4.69, 9.17) is 9.47 Å². The van der Waals surface area contributed by atoms with Crippen LogP contribution in [0.25, 0.3) is 0 Å². The normalized spacial score (nSPS) is 24.6. The molecule has 0 saturated carbocycles. The number of fused-ring (bicyclic) bond motifs is 2. The zero-order chi connectivity index (χ0) is 13.4. The first-order valence-corrected chi connectivity index (χ1v) is 7.43. The summed E-state index contributed by atoms with van der Waals surface area (Å²) in [6.45, 7) is 0.856. The first kappa shape index (κ1) is 12.7. The lowest BCUT2D eigenvalue weighted by Crippen LogP contribution is -2.39. The maximum atomic E-state index is 12.7. The maximum Gasteiger partial charge on any atom is 0.258 e. The first-order chi connectivity index (χ1) is 9.24. The minimum absolute atomic E-state index is 0.0588. The fourth-order valence-electron chi connectivity index (χ4n) is 2.86. The molecule has 4 nitrogen and oxygen atoms in total. The predicted molar refractivity (Wildman–Crippen MR) is 75.2 cm³/mol. The van der Waals surface area contributed by atoms with Gasteiger partial charge in [-0.15, -0.1) is 0 Å². The molecule has 0 aliphatic carbocycles. The molecule has 5 heteroatoms. The van der Waals surface area contributed by atoms with Crippen molar-refractivity contribution in [2.75, 3.05) is 26.5 Å². The summed E-state index contributed by atoms with van der Waals surface area (Å²) >= 11 is 1.98. The van der Waals surface area contributed by atoms with Gasteiger partial charge in [0.25, 0.3) is 5.91 Å². The number of carbonyl (C=O) groups excluding carboxylic acids is 1. The number of benzene rings is 1. The minimum atomic E-state index is 0.0588. The topological polar surface area (TPSA) is 38.8 Å². The van der Waals surface area contributed by atoms with Crippen LogP contribution < -0.4 is 9.47 Å². The second-order valence-electron chi connectivity index (χ2n) is 4.84. The molecular weight excluding hydrogens is 262 g/mol. The number of carbonyl (C=O) groups is 1. The monoisotopic (exact) mass is 279 g/mol. The number of methoxy groups -OCH3 is 2. The fraction of sp³-hybridized carbons (Fsp3) is 0.500. The highest BCUT2D eigenvalue weighted by Crippen LogP contribution is 2.40. The van der Waals surface area contributed by atoms with Gasteiger partial charge in [0.15, 0.2) is 11.5 Å². The van der Waals surface area contributed by atoms with Gasteiger partial charge in [-0.3, -0.25) is 4.79 Å². The van der Waals surface area contributed by atoms with Crippen molar-refractivity contribution in [3.8, 4) is 11.5 Å². The summed E-state index contributed by atoms with van der Waals surface area (Å²) in [5.74, 6) is 2.25. The Labute approximate surface area is 117 Å². The third kappa shape index (κ3) is 2.06. The van der Waals surface area contributed by atoms with E-state index < -0.39 is 0 Å². The SMILES string of the molecule is COc1cccc(C(=O)N2CC3CC2CS3)c1OC. The molecule has 3 rings (SSSR count). The van der Waals surface area contributed by atoms with Gasteiger partial charge >= 0.3 is 0 Å². The first-order valence-electron chi connectivity index (χ1n) is 6.38. The molecule has 2 aliphatic heterocycles. The second-order valence-corrected chi connectivity index (χ2v) is 6.18. The molecule has 2 heterocycles. The number of amides is 1. The van der Waals surface area contributed by atoms with Crippen LogP contribution >= 0.6 is 11.8 Å². The van der Waals surface area contributed by atoms with Gasteiger partial charge in [-0.25, -0.2) is 0 Å². The molecule has 1 amide bonds. The lowest BCUT2D eigenvalue weighted by atomic mass is 10.1. The van der Waals surface area contributed by atoms with Gasteiger partial charge in [-0.1, -0.05) is 6.07 Å². The van der Waals surface area contributed by atoms with Gasteiger partial charge in [0.05, 0.1) is 19.8 Å². The van der Waals surface area contributed by atoms with E-state index in [9.17, 15) is 4.79 Å². The molecule has 2 atom stereocenters. The van der Waals surface area contributed by atoms with E-state index in [1.54, 1.807) is 14.2 Å². The summed E-state index contributed by atoms with van der Waals surface area (Å²) in [4.78, 5) is 14.7. The van der Waals surface area contributed by atoms with Gasteiger partial charge in [0.2, 0.25) is 0 Å². The van der Waals surface area contributed by atoms with Crippen molar-refractivity contribution >= 4 is 17.7 Å². The Morgan fingerprint density at radius 3 is 2.79 bits per heavy atom. The quantitative estimate of drug-likeness (QED) is 0.848. The van der Waals surface area contributed by atoms with Crippen molar-refractivity contribution in [1.29, 1.82) is 0 Å². The van der Waals surface area contributed by atoms with Crippen LogP contribution in [-0.4, -0.2) is 48.6 Å². The fourth-order valence-corrected chi connectivity index (χ4v) is 4.29. The number of rotatable bonds is 3. The summed E-state index contributed by atoms with van der Waals surface area (Å²) in [6.07, 6.45) is 1.13. The molecule has 0 aromatic heterocycles. The van der Waals surface area contributed by atoms with Crippen LogP contribution in [-0.2, 0) is 0 Å². The molecule has 19 heavy (non-hydrogen) atoms. The molecule has 1 aromatic rings. The Morgan fingerprint density at radius 1 is 1.37 bits per heavy atom. The molecule has 2 aliphatic rings. The number of hydrogen-bond acceptors (Lipinski definition) is 4. The van der Waals surface area contributed by atoms with Crippen molar-refractivity contribution in [3.63, 3.8) is 0 Å². The van der Waals surface area contributed by atoms with Gasteiger partial charge in [-0.2, -0.15) is 11.8 Å². The van der Waals surface area contributed by atoms with Crippen molar-refractivity contribution < 1.29 is 14.3 Å². The third-order valence-electron chi connectivity index (χ3n) is 3.79. The number of nitrogens with zero attached hydrogens (tertiary/aromatic N) is 1. The average molecular weight is 279 g/mol.